The molecule has 0 radical (unpaired) electrons. The van der Waals surface area contributed by atoms with E-state index in [-0.39, 0.29) is 24.0 Å². The first-order valence-corrected chi connectivity index (χ1v) is 6.67. The van der Waals surface area contributed by atoms with Crippen LogP contribution >= 0.6 is 0 Å². The molecule has 21 heavy (non-hydrogen) atoms. The van der Waals surface area contributed by atoms with Crippen LogP contribution in [0.25, 0.3) is 12.2 Å². The van der Waals surface area contributed by atoms with E-state index in [1.165, 1.54) is 5.69 Å². The molecule has 0 amide bonds. The van der Waals surface area contributed by atoms with Crippen molar-refractivity contribution >= 4 is 12.2 Å². The first-order chi connectivity index (χ1) is 9.78. The number of halogens is 1. The van der Waals surface area contributed by atoms with Gasteiger partial charge in [0.15, 0.2) is 17.7 Å². The van der Waals surface area contributed by atoms with Crippen LogP contribution in [0.5, 0.6) is 11.5 Å². The van der Waals surface area contributed by atoms with Crippen molar-refractivity contribution in [3.63, 3.8) is 0 Å². The lowest BCUT2D eigenvalue weighted by molar-refractivity contribution is -0.695. The molecular weight excluding hydrogens is 377 g/mol. The fourth-order valence-electron chi connectivity index (χ4n) is 2.07. The Labute approximate surface area is 143 Å². The van der Waals surface area contributed by atoms with Gasteiger partial charge >= 0.3 is 0 Å². The van der Waals surface area contributed by atoms with E-state index in [4.69, 9.17) is 9.47 Å². The van der Waals surface area contributed by atoms with E-state index in [1.54, 1.807) is 14.2 Å². The molecule has 0 spiro atoms. The molecule has 4 heteroatoms. The summed E-state index contributed by atoms with van der Waals surface area (Å²) in [6.45, 7) is 3.08. The van der Waals surface area contributed by atoms with Gasteiger partial charge < -0.3 is 33.5 Å². The van der Waals surface area contributed by atoms with Gasteiger partial charge in [-0.05, 0) is 36.8 Å². The summed E-state index contributed by atoms with van der Waals surface area (Å²) >= 11 is 0. The normalized spacial score (nSPS) is 10.2. The maximum atomic E-state index is 5.31. The van der Waals surface area contributed by atoms with Crippen molar-refractivity contribution in [2.24, 2.45) is 0 Å². The van der Waals surface area contributed by atoms with E-state index < -0.39 is 0 Å². The highest BCUT2D eigenvalue weighted by molar-refractivity contribution is 5.68. The van der Waals surface area contributed by atoms with Gasteiger partial charge in [0.25, 0.3) is 0 Å². The van der Waals surface area contributed by atoms with Crippen LogP contribution in [0.15, 0.2) is 42.6 Å². The number of pyridine rings is 1. The van der Waals surface area contributed by atoms with E-state index >= 15 is 0 Å². The van der Waals surface area contributed by atoms with Gasteiger partial charge in [-0.3, -0.25) is 0 Å². The van der Waals surface area contributed by atoms with Gasteiger partial charge in [0.1, 0.15) is 6.54 Å². The SMILES string of the molecule is CC[n+]1ccccc1/C=C/c1ccc(OC)c(OC)c1.[I-]. The minimum absolute atomic E-state index is 0. The zero-order valence-electron chi connectivity index (χ0n) is 12.5. The summed E-state index contributed by atoms with van der Waals surface area (Å²) in [5, 5.41) is 0. The number of hydrogen-bond donors (Lipinski definition) is 0. The number of ether oxygens (including phenoxy) is 2. The third kappa shape index (κ3) is 4.46. The van der Waals surface area contributed by atoms with Crippen LogP contribution in [0.2, 0.25) is 0 Å². The Balaban J connectivity index is 0.00000220. The molecular formula is C17H20INO2. The first kappa shape index (κ1) is 17.5. The van der Waals surface area contributed by atoms with Crippen molar-refractivity contribution in [3.8, 4) is 11.5 Å². The molecule has 0 saturated heterocycles. The summed E-state index contributed by atoms with van der Waals surface area (Å²) in [4.78, 5) is 0. The van der Waals surface area contributed by atoms with Gasteiger partial charge in [0, 0.05) is 18.2 Å². The molecule has 0 N–H and O–H groups in total. The fourth-order valence-corrected chi connectivity index (χ4v) is 2.07. The smallest absolute Gasteiger partial charge is 0.205 e. The second kappa shape index (κ2) is 8.67. The average molecular weight is 397 g/mol. The number of methoxy groups -OCH3 is 2. The quantitative estimate of drug-likeness (QED) is 0.531. The Morgan fingerprint density at radius 1 is 1.00 bits per heavy atom. The molecule has 0 aliphatic heterocycles. The summed E-state index contributed by atoms with van der Waals surface area (Å²) in [6, 6.07) is 12.1. The maximum Gasteiger partial charge on any atom is 0.205 e. The predicted octanol–water partition coefficient (Wildman–Crippen LogP) is 0.186. The summed E-state index contributed by atoms with van der Waals surface area (Å²) in [5.41, 5.74) is 2.25. The van der Waals surface area contributed by atoms with Gasteiger partial charge in [-0.2, -0.15) is 4.57 Å². The largest absolute Gasteiger partial charge is 1.00 e. The minimum Gasteiger partial charge on any atom is -1.00 e. The number of rotatable bonds is 5. The van der Waals surface area contributed by atoms with Crippen LogP contribution in [0.3, 0.4) is 0 Å². The van der Waals surface area contributed by atoms with Crippen LogP contribution in [0.1, 0.15) is 18.2 Å². The highest BCUT2D eigenvalue weighted by Gasteiger charge is 2.05. The average Bonchev–Trinajstić information content (AvgIpc) is 2.52. The van der Waals surface area contributed by atoms with Crippen LogP contribution < -0.4 is 38.0 Å². The Bertz CT molecular complexity index is 611. The van der Waals surface area contributed by atoms with Crippen molar-refractivity contribution in [2.45, 2.75) is 13.5 Å². The second-order valence-electron chi connectivity index (χ2n) is 4.36. The fraction of sp³-hybridized carbons (Fsp3) is 0.235. The van der Waals surface area contributed by atoms with Crippen LogP contribution in [0, 0.1) is 0 Å². The number of aromatic nitrogens is 1. The second-order valence-corrected chi connectivity index (χ2v) is 4.36. The van der Waals surface area contributed by atoms with Gasteiger partial charge in [-0.15, -0.1) is 0 Å². The monoisotopic (exact) mass is 397 g/mol. The molecule has 112 valence electrons. The summed E-state index contributed by atoms with van der Waals surface area (Å²) in [6.07, 6.45) is 6.25. The molecule has 2 aromatic rings. The highest BCUT2D eigenvalue weighted by atomic mass is 127. The Morgan fingerprint density at radius 2 is 1.76 bits per heavy atom. The molecule has 0 fully saturated rings. The Morgan fingerprint density at radius 3 is 2.43 bits per heavy atom. The standard InChI is InChI=1S/C17H20NO2.HI/c1-4-18-12-6-5-7-15(18)10-8-14-9-11-16(19-2)17(13-14)20-3;/h5-13H,4H2,1-3H3;1H/q+1;/p-1/b10-8+;. The number of aryl methyl sites for hydroxylation is 1. The van der Waals surface area contributed by atoms with Gasteiger partial charge in [-0.1, -0.05) is 6.07 Å². The predicted molar refractivity (Wildman–Crippen MR) is 80.8 cm³/mol. The molecule has 0 bridgehead atoms. The molecule has 2 rings (SSSR count). The molecule has 0 unspecified atom stereocenters. The number of benzene rings is 1. The maximum absolute atomic E-state index is 5.31. The van der Waals surface area contributed by atoms with Crippen molar-refractivity contribution in [1.29, 1.82) is 0 Å². The van der Waals surface area contributed by atoms with Gasteiger partial charge in [0.2, 0.25) is 5.69 Å². The summed E-state index contributed by atoms with van der Waals surface area (Å²) in [5.74, 6) is 1.49. The first-order valence-electron chi connectivity index (χ1n) is 6.67. The lowest BCUT2D eigenvalue weighted by Gasteiger charge is -2.07. The van der Waals surface area contributed by atoms with Crippen LogP contribution in [-0.4, -0.2) is 14.2 Å². The zero-order valence-corrected chi connectivity index (χ0v) is 14.7. The van der Waals surface area contributed by atoms with Crippen molar-refractivity contribution in [3.05, 3.63) is 53.9 Å². The van der Waals surface area contributed by atoms with Crippen LogP contribution in [0.4, 0.5) is 0 Å². The van der Waals surface area contributed by atoms with Crippen molar-refractivity contribution < 1.29 is 38.0 Å². The van der Waals surface area contributed by atoms with Gasteiger partial charge in [0.05, 0.1) is 14.2 Å². The molecule has 1 aromatic carbocycles. The van der Waals surface area contributed by atoms with Crippen molar-refractivity contribution in [1.82, 2.24) is 0 Å². The molecule has 0 aliphatic carbocycles. The van der Waals surface area contributed by atoms with E-state index in [2.05, 4.69) is 35.9 Å². The lowest BCUT2D eigenvalue weighted by Crippen LogP contribution is -3.00. The minimum atomic E-state index is 0. The van der Waals surface area contributed by atoms with E-state index in [9.17, 15) is 0 Å². The third-order valence-corrected chi connectivity index (χ3v) is 3.17. The number of nitrogens with zero attached hydrogens (tertiary/aromatic N) is 1. The highest BCUT2D eigenvalue weighted by Crippen LogP contribution is 2.28. The molecule has 0 atom stereocenters. The van der Waals surface area contributed by atoms with E-state index in [0.717, 1.165) is 23.6 Å². The Hall–Kier alpha value is -1.56. The topological polar surface area (TPSA) is 22.3 Å². The van der Waals surface area contributed by atoms with Crippen LogP contribution in [-0.2, 0) is 6.54 Å². The van der Waals surface area contributed by atoms with Gasteiger partial charge in [-0.25, -0.2) is 0 Å². The molecule has 1 aromatic heterocycles. The van der Waals surface area contributed by atoms with Crippen molar-refractivity contribution in [2.75, 3.05) is 14.2 Å². The van der Waals surface area contributed by atoms with E-state index in [0.29, 0.717) is 0 Å². The summed E-state index contributed by atoms with van der Waals surface area (Å²) in [7, 11) is 3.29. The van der Waals surface area contributed by atoms with E-state index in [1.807, 2.05) is 30.3 Å². The molecule has 0 saturated carbocycles. The zero-order chi connectivity index (χ0) is 14.4. The lowest BCUT2D eigenvalue weighted by atomic mass is 10.1. The third-order valence-electron chi connectivity index (χ3n) is 3.17. The molecule has 3 nitrogen and oxygen atoms in total. The Kier molecular flexibility index (Phi) is 7.22. The molecule has 0 aliphatic rings. The summed E-state index contributed by atoms with van der Waals surface area (Å²) < 4.78 is 12.7. The number of hydrogen-bond acceptors (Lipinski definition) is 2. The molecule has 1 heterocycles.